The molecule has 1 aromatic heterocycles. The van der Waals surface area contributed by atoms with Gasteiger partial charge in [-0.25, -0.2) is 9.07 Å². The number of non-ortho nitro benzene ring substituents is 1. The number of amides is 1. The Morgan fingerprint density at radius 1 is 1.03 bits per heavy atom. The topological polar surface area (TPSA) is 90.1 Å². The summed E-state index contributed by atoms with van der Waals surface area (Å²) in [4.78, 5) is 23.4. The summed E-state index contributed by atoms with van der Waals surface area (Å²) in [5.41, 5.74) is 2.69. The van der Waals surface area contributed by atoms with E-state index in [0.29, 0.717) is 22.0 Å². The zero-order valence-electron chi connectivity index (χ0n) is 16.5. The van der Waals surface area contributed by atoms with Gasteiger partial charge in [0.25, 0.3) is 11.6 Å². The maximum absolute atomic E-state index is 13.1. The second-order valence-electron chi connectivity index (χ2n) is 6.92. The molecule has 7 nitrogen and oxygen atoms in total. The van der Waals surface area contributed by atoms with E-state index in [1.54, 1.807) is 54.6 Å². The molecule has 0 fully saturated rings. The number of nitrogens with one attached hydrogen (secondary N) is 1. The molecular formula is C23H16ClFN4O3. The molecule has 3 aromatic carbocycles. The van der Waals surface area contributed by atoms with E-state index in [4.69, 9.17) is 11.6 Å². The molecular weight excluding hydrogens is 435 g/mol. The summed E-state index contributed by atoms with van der Waals surface area (Å²) in [6.45, 7) is 0.206. The maximum atomic E-state index is 13.1. The Hall–Kier alpha value is -4.04. The SMILES string of the molecule is O=C(NCc1ccc(F)cc1)c1cc(-c2ccc([N+](=O)[O-])cc2)nn1-c1ccc(Cl)cc1. The summed E-state index contributed by atoms with van der Waals surface area (Å²) in [5.74, 6) is -0.737. The Balaban J connectivity index is 1.67. The van der Waals surface area contributed by atoms with E-state index in [1.165, 1.54) is 28.9 Å². The number of carbonyl (C=O) groups excluding carboxylic acids is 1. The number of nitro benzene ring substituents is 1. The predicted octanol–water partition coefficient (Wildman–Crippen LogP) is 5.17. The van der Waals surface area contributed by atoms with Gasteiger partial charge in [0.15, 0.2) is 0 Å². The van der Waals surface area contributed by atoms with Gasteiger partial charge in [-0.3, -0.25) is 14.9 Å². The first-order valence-electron chi connectivity index (χ1n) is 9.54. The van der Waals surface area contributed by atoms with Crippen molar-refractivity contribution in [1.29, 1.82) is 0 Å². The predicted molar refractivity (Wildman–Crippen MR) is 118 cm³/mol. The van der Waals surface area contributed by atoms with Crippen LogP contribution >= 0.6 is 11.6 Å². The molecule has 9 heteroatoms. The van der Waals surface area contributed by atoms with E-state index >= 15 is 0 Å². The molecule has 1 amide bonds. The number of nitrogens with zero attached hydrogens (tertiary/aromatic N) is 3. The van der Waals surface area contributed by atoms with Crippen LogP contribution in [0, 0.1) is 15.9 Å². The van der Waals surface area contributed by atoms with Crippen LogP contribution in [-0.2, 0) is 6.54 Å². The number of aromatic nitrogens is 2. The van der Waals surface area contributed by atoms with Crippen molar-refractivity contribution < 1.29 is 14.1 Å². The van der Waals surface area contributed by atoms with Crippen molar-refractivity contribution in [2.24, 2.45) is 0 Å². The van der Waals surface area contributed by atoms with Crippen LogP contribution in [0.2, 0.25) is 5.02 Å². The summed E-state index contributed by atoms with van der Waals surface area (Å²) >= 11 is 5.98. The molecule has 0 saturated carbocycles. The van der Waals surface area contributed by atoms with Crippen LogP contribution < -0.4 is 5.32 Å². The first kappa shape index (κ1) is 21.2. The summed E-state index contributed by atoms with van der Waals surface area (Å²) < 4.78 is 14.6. The molecule has 0 aliphatic heterocycles. The Morgan fingerprint density at radius 2 is 1.69 bits per heavy atom. The molecule has 0 aliphatic rings. The second-order valence-corrected chi connectivity index (χ2v) is 7.35. The van der Waals surface area contributed by atoms with Crippen LogP contribution in [0.1, 0.15) is 16.1 Å². The zero-order valence-corrected chi connectivity index (χ0v) is 17.3. The molecule has 160 valence electrons. The second kappa shape index (κ2) is 8.99. The van der Waals surface area contributed by atoms with Gasteiger partial charge in [-0.05, 0) is 60.2 Å². The number of hydrogen-bond acceptors (Lipinski definition) is 4. The molecule has 1 N–H and O–H groups in total. The van der Waals surface area contributed by atoms with Crippen molar-refractivity contribution in [3.8, 4) is 16.9 Å². The van der Waals surface area contributed by atoms with Crippen LogP contribution in [-0.4, -0.2) is 20.6 Å². The van der Waals surface area contributed by atoms with Crippen molar-refractivity contribution >= 4 is 23.2 Å². The quantitative estimate of drug-likeness (QED) is 0.324. The molecule has 0 aliphatic carbocycles. The van der Waals surface area contributed by atoms with Gasteiger partial charge in [0.1, 0.15) is 11.5 Å². The monoisotopic (exact) mass is 450 g/mol. The van der Waals surface area contributed by atoms with Gasteiger partial charge < -0.3 is 5.32 Å². The molecule has 0 radical (unpaired) electrons. The first-order chi connectivity index (χ1) is 15.4. The van der Waals surface area contributed by atoms with Gasteiger partial charge in [-0.1, -0.05) is 23.7 Å². The van der Waals surface area contributed by atoms with Crippen molar-refractivity contribution in [3.05, 3.63) is 111 Å². The maximum Gasteiger partial charge on any atom is 0.270 e. The summed E-state index contributed by atoms with van der Waals surface area (Å²) in [6, 6.07) is 20.2. The fraction of sp³-hybridized carbons (Fsp3) is 0.0435. The third kappa shape index (κ3) is 4.65. The molecule has 0 saturated heterocycles. The van der Waals surface area contributed by atoms with Crippen LogP contribution in [0.4, 0.5) is 10.1 Å². The molecule has 0 bridgehead atoms. The fourth-order valence-corrected chi connectivity index (χ4v) is 3.22. The molecule has 4 aromatic rings. The molecule has 32 heavy (non-hydrogen) atoms. The average Bonchev–Trinajstić information content (AvgIpc) is 3.24. The van der Waals surface area contributed by atoms with Crippen molar-refractivity contribution in [2.45, 2.75) is 6.54 Å². The van der Waals surface area contributed by atoms with E-state index in [1.807, 2.05) is 0 Å². The Labute approximate surface area is 187 Å². The Bertz CT molecular complexity index is 1270. The molecule has 0 unspecified atom stereocenters. The average molecular weight is 451 g/mol. The highest BCUT2D eigenvalue weighted by atomic mass is 35.5. The van der Waals surface area contributed by atoms with Crippen LogP contribution in [0.15, 0.2) is 78.9 Å². The van der Waals surface area contributed by atoms with E-state index < -0.39 is 4.92 Å². The lowest BCUT2D eigenvalue weighted by atomic mass is 10.1. The van der Waals surface area contributed by atoms with E-state index in [9.17, 15) is 19.3 Å². The van der Waals surface area contributed by atoms with Gasteiger partial charge in [0, 0.05) is 29.3 Å². The number of benzene rings is 3. The normalized spacial score (nSPS) is 10.7. The van der Waals surface area contributed by atoms with E-state index in [2.05, 4.69) is 10.4 Å². The highest BCUT2D eigenvalue weighted by molar-refractivity contribution is 6.30. The molecule has 4 rings (SSSR count). The Morgan fingerprint density at radius 3 is 2.31 bits per heavy atom. The van der Waals surface area contributed by atoms with Gasteiger partial charge >= 0.3 is 0 Å². The van der Waals surface area contributed by atoms with Crippen molar-refractivity contribution in [3.63, 3.8) is 0 Å². The molecule has 0 spiro atoms. The summed E-state index contributed by atoms with van der Waals surface area (Å²) in [5, 5.41) is 18.8. The minimum Gasteiger partial charge on any atom is -0.347 e. The number of carbonyl (C=O) groups is 1. The summed E-state index contributed by atoms with van der Waals surface area (Å²) in [6.07, 6.45) is 0. The van der Waals surface area contributed by atoms with Gasteiger partial charge in [-0.2, -0.15) is 5.10 Å². The van der Waals surface area contributed by atoms with Crippen LogP contribution in [0.5, 0.6) is 0 Å². The zero-order chi connectivity index (χ0) is 22.7. The van der Waals surface area contributed by atoms with Crippen molar-refractivity contribution in [2.75, 3.05) is 0 Å². The third-order valence-corrected chi connectivity index (χ3v) is 5.01. The number of hydrogen-bond donors (Lipinski definition) is 1. The van der Waals surface area contributed by atoms with E-state index in [-0.39, 0.29) is 29.7 Å². The molecule has 0 atom stereocenters. The smallest absolute Gasteiger partial charge is 0.270 e. The van der Waals surface area contributed by atoms with E-state index in [0.717, 1.165) is 5.56 Å². The van der Waals surface area contributed by atoms with Crippen molar-refractivity contribution in [1.82, 2.24) is 15.1 Å². The minimum atomic E-state index is -0.482. The lowest BCUT2D eigenvalue weighted by Crippen LogP contribution is -2.25. The third-order valence-electron chi connectivity index (χ3n) is 4.75. The standard InChI is InChI=1S/C23H16ClFN4O3/c24-17-5-11-19(12-6-17)28-22(23(30)26-14-15-1-7-18(25)8-2-15)13-21(27-28)16-3-9-20(10-4-16)29(31)32/h1-13H,14H2,(H,26,30). The number of rotatable bonds is 6. The van der Waals surface area contributed by atoms with Crippen LogP contribution in [0.3, 0.4) is 0 Å². The van der Waals surface area contributed by atoms with Gasteiger partial charge in [0.2, 0.25) is 0 Å². The summed E-state index contributed by atoms with van der Waals surface area (Å²) in [7, 11) is 0. The fourth-order valence-electron chi connectivity index (χ4n) is 3.09. The largest absolute Gasteiger partial charge is 0.347 e. The lowest BCUT2D eigenvalue weighted by Gasteiger charge is -2.09. The number of halogens is 2. The van der Waals surface area contributed by atoms with Gasteiger partial charge in [-0.15, -0.1) is 0 Å². The lowest BCUT2D eigenvalue weighted by molar-refractivity contribution is -0.384. The number of nitro groups is 1. The highest BCUT2D eigenvalue weighted by Gasteiger charge is 2.18. The van der Waals surface area contributed by atoms with Gasteiger partial charge in [0.05, 0.1) is 16.3 Å². The first-order valence-corrected chi connectivity index (χ1v) is 9.92. The van der Waals surface area contributed by atoms with Crippen LogP contribution in [0.25, 0.3) is 16.9 Å². The highest BCUT2D eigenvalue weighted by Crippen LogP contribution is 2.25. The molecule has 1 heterocycles. The minimum absolute atomic E-state index is 0.0388. The Kier molecular flexibility index (Phi) is 5.96.